The number of para-hydroxylation sites is 2. The number of benzene rings is 1. The molecular weight excluding hydrogens is 462 g/mol. The Balaban J connectivity index is 0.00000167. The van der Waals surface area contributed by atoms with Crippen LogP contribution in [0.15, 0.2) is 72.1 Å². The highest BCUT2D eigenvalue weighted by atomic mass is 32.2. The molecule has 1 aromatic carbocycles. The highest BCUT2D eigenvalue weighted by Gasteiger charge is 2.20. The number of methoxy groups -OCH3 is 1. The maximum Gasteiger partial charge on any atom is 0.192 e. The van der Waals surface area contributed by atoms with Crippen molar-refractivity contribution in [2.75, 3.05) is 11.8 Å². The molecule has 0 bridgehead atoms. The molecule has 0 saturated carbocycles. The normalized spacial score (nSPS) is 11.1. The number of nitrogens with one attached hydrogen (secondary N) is 1. The molecule has 35 heavy (non-hydrogen) atoms. The van der Waals surface area contributed by atoms with Gasteiger partial charge in [0.05, 0.1) is 12.8 Å². The molecule has 0 radical (unpaired) electrons. The third-order valence-electron chi connectivity index (χ3n) is 4.75. The number of aromatic nitrogens is 4. The van der Waals surface area contributed by atoms with Gasteiger partial charge in [0.25, 0.3) is 0 Å². The van der Waals surface area contributed by atoms with Crippen molar-refractivity contribution in [1.82, 2.24) is 19.9 Å². The van der Waals surface area contributed by atoms with Gasteiger partial charge in [0.15, 0.2) is 39.9 Å². The molecule has 1 N–H and O–H groups in total. The quantitative estimate of drug-likeness (QED) is 0.334. The van der Waals surface area contributed by atoms with Crippen LogP contribution in [0.1, 0.15) is 32.0 Å². The average molecular weight is 492 g/mol. The van der Waals surface area contributed by atoms with Crippen LogP contribution in [0.5, 0.6) is 17.2 Å². The van der Waals surface area contributed by atoms with Crippen LogP contribution >= 0.6 is 0 Å². The zero-order valence-corrected chi connectivity index (χ0v) is 21.3. The molecule has 8 nitrogen and oxygen atoms in total. The van der Waals surface area contributed by atoms with Gasteiger partial charge in [-0.05, 0) is 49.2 Å². The maximum absolute atomic E-state index is 13.1. The summed E-state index contributed by atoms with van der Waals surface area (Å²) in [5.41, 5.74) is 2.41. The van der Waals surface area contributed by atoms with Crippen LogP contribution < -0.4 is 14.2 Å². The summed E-state index contributed by atoms with van der Waals surface area (Å²) in [6, 6.07) is 14.5. The minimum absolute atomic E-state index is 0.292. The molecule has 4 rings (SSSR count). The molecule has 9 heteroatoms. The van der Waals surface area contributed by atoms with Crippen molar-refractivity contribution in [2.24, 2.45) is 0 Å². The van der Waals surface area contributed by atoms with Gasteiger partial charge in [0, 0.05) is 24.2 Å². The third kappa shape index (κ3) is 6.39. The van der Waals surface area contributed by atoms with Gasteiger partial charge in [0.1, 0.15) is 5.03 Å². The van der Waals surface area contributed by atoms with Crippen molar-refractivity contribution in [1.29, 1.82) is 0 Å². The van der Waals surface area contributed by atoms with E-state index in [1.807, 2.05) is 58.0 Å². The summed E-state index contributed by atoms with van der Waals surface area (Å²) in [4.78, 5) is 17.7. The summed E-state index contributed by atoms with van der Waals surface area (Å²) >= 11 is 0. The summed E-state index contributed by atoms with van der Waals surface area (Å²) in [5.74, 6) is 2.20. The van der Waals surface area contributed by atoms with E-state index in [1.165, 1.54) is 0 Å². The molecule has 0 fully saturated rings. The highest BCUT2D eigenvalue weighted by Crippen LogP contribution is 2.37. The Morgan fingerprint density at radius 2 is 1.69 bits per heavy atom. The smallest absolute Gasteiger partial charge is 0.192 e. The standard InChI is InChI=1S/C24H23N5O3S.C2H6/c1-4-18-22(32-20-8-6-5-7-19(20)31-3)24(28-23(27-18)17-11-13-25-14-12-17)29-33(30)21-10-9-16(2)15-26-21;1-2/h5-15H,4H2,1-3H3,(H,27,28,29);1-2H3. The molecule has 1 atom stereocenters. The molecule has 0 spiro atoms. The van der Waals surface area contributed by atoms with Crippen LogP contribution in [0.4, 0.5) is 5.82 Å². The summed E-state index contributed by atoms with van der Waals surface area (Å²) in [6.07, 6.45) is 5.58. The van der Waals surface area contributed by atoms with Gasteiger partial charge in [-0.1, -0.05) is 39.0 Å². The molecule has 3 aromatic heterocycles. The fourth-order valence-electron chi connectivity index (χ4n) is 3.06. The van der Waals surface area contributed by atoms with E-state index in [1.54, 1.807) is 43.9 Å². The molecule has 182 valence electrons. The van der Waals surface area contributed by atoms with E-state index in [9.17, 15) is 4.21 Å². The lowest BCUT2D eigenvalue weighted by atomic mass is 10.2. The van der Waals surface area contributed by atoms with Crippen LogP contribution in [-0.2, 0) is 17.4 Å². The van der Waals surface area contributed by atoms with Gasteiger partial charge >= 0.3 is 0 Å². The number of hydrogen-bond acceptors (Lipinski definition) is 7. The Bertz CT molecular complexity index is 1270. The molecule has 0 saturated heterocycles. The van der Waals surface area contributed by atoms with Gasteiger partial charge in [-0.15, -0.1) is 0 Å². The first-order chi connectivity index (χ1) is 17.1. The molecule has 0 amide bonds. The SMILES string of the molecule is CC.CCc1nc(-c2ccncc2)nc(NS(=O)c2ccc(C)cn2)c1Oc1ccccc1OC. The van der Waals surface area contributed by atoms with Crippen LogP contribution in [0.3, 0.4) is 0 Å². The summed E-state index contributed by atoms with van der Waals surface area (Å²) in [7, 11) is -0.0953. The fourth-order valence-corrected chi connectivity index (χ4v) is 3.82. The predicted molar refractivity (Wildman–Crippen MR) is 138 cm³/mol. The van der Waals surface area contributed by atoms with Crippen LogP contribution in [0.25, 0.3) is 11.4 Å². The van der Waals surface area contributed by atoms with E-state index in [0.29, 0.717) is 46.0 Å². The van der Waals surface area contributed by atoms with Gasteiger partial charge in [-0.3, -0.25) is 9.71 Å². The predicted octanol–water partition coefficient (Wildman–Crippen LogP) is 5.77. The Labute approximate surface area is 208 Å². The largest absolute Gasteiger partial charge is 0.493 e. The molecule has 0 aliphatic heterocycles. The second-order valence-corrected chi connectivity index (χ2v) is 8.22. The third-order valence-corrected chi connectivity index (χ3v) is 5.75. The van der Waals surface area contributed by atoms with Gasteiger partial charge < -0.3 is 9.47 Å². The van der Waals surface area contributed by atoms with Gasteiger partial charge in [-0.2, -0.15) is 0 Å². The monoisotopic (exact) mass is 491 g/mol. The number of pyridine rings is 2. The Morgan fingerprint density at radius 3 is 2.31 bits per heavy atom. The molecular formula is C26H29N5O3S. The van der Waals surface area contributed by atoms with E-state index < -0.39 is 11.0 Å². The topological polar surface area (TPSA) is 99.1 Å². The number of nitrogens with zero attached hydrogens (tertiary/aromatic N) is 4. The molecule has 1 unspecified atom stereocenters. The van der Waals surface area contributed by atoms with E-state index in [2.05, 4.69) is 19.7 Å². The van der Waals surface area contributed by atoms with Crippen molar-refractivity contribution in [3.63, 3.8) is 0 Å². The maximum atomic E-state index is 13.1. The first kappa shape index (κ1) is 25.8. The van der Waals surface area contributed by atoms with Crippen molar-refractivity contribution < 1.29 is 13.7 Å². The van der Waals surface area contributed by atoms with Gasteiger partial charge in [-0.25, -0.2) is 19.2 Å². The lowest BCUT2D eigenvalue weighted by Gasteiger charge is -2.17. The number of ether oxygens (including phenoxy) is 2. The molecule has 3 heterocycles. The fraction of sp³-hybridized carbons (Fsp3) is 0.231. The van der Waals surface area contributed by atoms with Crippen LogP contribution in [0.2, 0.25) is 0 Å². The zero-order chi connectivity index (χ0) is 25.2. The minimum atomic E-state index is -1.67. The van der Waals surface area contributed by atoms with E-state index in [4.69, 9.17) is 14.5 Å². The summed E-state index contributed by atoms with van der Waals surface area (Å²) in [5, 5.41) is 0.381. The summed E-state index contributed by atoms with van der Waals surface area (Å²) in [6.45, 7) is 7.89. The first-order valence-corrected chi connectivity index (χ1v) is 12.5. The van der Waals surface area contributed by atoms with Gasteiger partial charge in [0.2, 0.25) is 0 Å². The number of rotatable bonds is 8. The lowest BCUT2D eigenvalue weighted by Crippen LogP contribution is -2.12. The van der Waals surface area contributed by atoms with Crippen molar-refractivity contribution >= 4 is 16.8 Å². The van der Waals surface area contributed by atoms with Crippen molar-refractivity contribution in [3.8, 4) is 28.6 Å². The zero-order valence-electron chi connectivity index (χ0n) is 20.5. The lowest BCUT2D eigenvalue weighted by molar-refractivity contribution is 0.377. The van der Waals surface area contributed by atoms with Crippen LogP contribution in [0, 0.1) is 6.92 Å². The average Bonchev–Trinajstić information content (AvgIpc) is 2.91. The second kappa shape index (κ2) is 12.6. The number of hydrogen-bond donors (Lipinski definition) is 1. The Kier molecular flexibility index (Phi) is 9.25. The molecule has 0 aliphatic carbocycles. The Hall–Kier alpha value is -3.85. The summed E-state index contributed by atoms with van der Waals surface area (Å²) < 4.78 is 27.7. The Morgan fingerprint density at radius 1 is 0.971 bits per heavy atom. The second-order valence-electron chi connectivity index (χ2n) is 7.06. The minimum Gasteiger partial charge on any atom is -0.493 e. The van der Waals surface area contributed by atoms with E-state index in [0.717, 1.165) is 11.1 Å². The molecule has 0 aliphatic rings. The first-order valence-electron chi connectivity index (χ1n) is 11.3. The number of anilines is 1. The van der Waals surface area contributed by atoms with Crippen molar-refractivity contribution in [3.05, 3.63) is 78.4 Å². The van der Waals surface area contributed by atoms with E-state index >= 15 is 0 Å². The molecule has 4 aromatic rings. The highest BCUT2D eigenvalue weighted by molar-refractivity contribution is 7.86. The number of aryl methyl sites for hydroxylation is 2. The van der Waals surface area contributed by atoms with E-state index in [-0.39, 0.29) is 0 Å². The van der Waals surface area contributed by atoms with Crippen LogP contribution in [-0.4, -0.2) is 31.3 Å². The van der Waals surface area contributed by atoms with Crippen molar-refractivity contribution in [2.45, 2.75) is 39.1 Å².